The van der Waals surface area contributed by atoms with Crippen molar-refractivity contribution in [1.82, 2.24) is 4.90 Å². The highest BCUT2D eigenvalue weighted by molar-refractivity contribution is 7.12. The molecule has 1 aromatic heterocycles. The number of carbonyl (C=O) groups excluding carboxylic acids is 3. The topological polar surface area (TPSA) is 75.7 Å². The van der Waals surface area contributed by atoms with Gasteiger partial charge in [-0.15, -0.1) is 11.3 Å². The smallest absolute Gasteiger partial charge is 0.329 e. The first-order chi connectivity index (χ1) is 13.0. The highest BCUT2D eigenvalue weighted by atomic mass is 32.1. The molecule has 1 fully saturated rings. The van der Waals surface area contributed by atoms with Crippen molar-refractivity contribution < 1.29 is 19.1 Å². The number of esters is 1. The molecule has 1 atom stereocenters. The molecular weight excluding hydrogens is 364 g/mol. The number of anilines is 1. The fraction of sp³-hybridized carbons (Fsp3) is 0.350. The van der Waals surface area contributed by atoms with Crippen LogP contribution in [0.3, 0.4) is 0 Å². The standard InChI is InChI=1S/C20H22N2O4S/c1-13-7-8-15(14(2)11-13)21-18(23)12-26-20(25)16-5-3-9-22(16)19(24)17-6-4-10-27-17/h4,6-8,10-11,16H,3,5,9,12H2,1-2H3,(H,21,23)/t16-/m0/s1. The van der Waals surface area contributed by atoms with Crippen molar-refractivity contribution in [2.24, 2.45) is 0 Å². The molecule has 0 spiro atoms. The second-order valence-electron chi connectivity index (χ2n) is 6.61. The molecule has 0 saturated carbocycles. The third-order valence-corrected chi connectivity index (χ3v) is 5.38. The number of carbonyl (C=O) groups is 3. The van der Waals surface area contributed by atoms with Gasteiger partial charge in [-0.3, -0.25) is 9.59 Å². The number of amides is 2. The van der Waals surface area contributed by atoms with E-state index in [0.717, 1.165) is 17.5 Å². The van der Waals surface area contributed by atoms with E-state index >= 15 is 0 Å². The number of benzene rings is 1. The van der Waals surface area contributed by atoms with Gasteiger partial charge in [-0.1, -0.05) is 23.8 Å². The van der Waals surface area contributed by atoms with Gasteiger partial charge in [0.25, 0.3) is 11.8 Å². The van der Waals surface area contributed by atoms with Crippen LogP contribution in [0.2, 0.25) is 0 Å². The number of rotatable bonds is 5. The first-order valence-corrected chi connectivity index (χ1v) is 9.72. The average Bonchev–Trinajstić information content (AvgIpc) is 3.33. The third-order valence-electron chi connectivity index (χ3n) is 4.52. The molecule has 3 rings (SSSR count). The highest BCUT2D eigenvalue weighted by Gasteiger charge is 2.36. The van der Waals surface area contributed by atoms with Crippen LogP contribution in [0.25, 0.3) is 0 Å². The van der Waals surface area contributed by atoms with Gasteiger partial charge in [0.2, 0.25) is 0 Å². The van der Waals surface area contributed by atoms with Crippen molar-refractivity contribution in [2.45, 2.75) is 32.7 Å². The molecule has 27 heavy (non-hydrogen) atoms. The molecule has 1 aliphatic rings. The minimum atomic E-state index is -0.631. The minimum Gasteiger partial charge on any atom is -0.454 e. The zero-order valence-corrected chi connectivity index (χ0v) is 16.2. The summed E-state index contributed by atoms with van der Waals surface area (Å²) in [6.07, 6.45) is 1.29. The molecule has 1 N–H and O–H groups in total. The van der Waals surface area contributed by atoms with E-state index in [0.29, 0.717) is 23.5 Å². The highest BCUT2D eigenvalue weighted by Crippen LogP contribution is 2.23. The summed E-state index contributed by atoms with van der Waals surface area (Å²) in [7, 11) is 0. The molecule has 0 unspecified atom stereocenters. The molecule has 7 heteroatoms. The van der Waals surface area contributed by atoms with E-state index in [-0.39, 0.29) is 12.5 Å². The molecule has 1 aliphatic heterocycles. The normalized spacial score (nSPS) is 16.2. The average molecular weight is 386 g/mol. The molecule has 1 saturated heterocycles. The molecule has 6 nitrogen and oxygen atoms in total. The third kappa shape index (κ3) is 4.54. The van der Waals surface area contributed by atoms with E-state index in [4.69, 9.17) is 4.74 Å². The van der Waals surface area contributed by atoms with E-state index in [2.05, 4.69) is 5.32 Å². The van der Waals surface area contributed by atoms with Crippen LogP contribution in [-0.2, 0) is 14.3 Å². The van der Waals surface area contributed by atoms with E-state index in [1.54, 1.807) is 12.1 Å². The number of hydrogen-bond donors (Lipinski definition) is 1. The summed E-state index contributed by atoms with van der Waals surface area (Å²) in [5.41, 5.74) is 2.74. The predicted octanol–water partition coefficient (Wildman–Crippen LogP) is 3.15. The van der Waals surface area contributed by atoms with Gasteiger partial charge in [0.1, 0.15) is 6.04 Å². The van der Waals surface area contributed by atoms with Gasteiger partial charge in [-0.25, -0.2) is 4.79 Å². The number of nitrogens with zero attached hydrogens (tertiary/aromatic N) is 1. The molecule has 2 heterocycles. The molecule has 2 amide bonds. The molecule has 0 aliphatic carbocycles. The van der Waals surface area contributed by atoms with E-state index in [1.807, 2.05) is 37.4 Å². The molecule has 1 aromatic carbocycles. The van der Waals surface area contributed by atoms with Crippen LogP contribution in [0, 0.1) is 13.8 Å². The summed E-state index contributed by atoms with van der Waals surface area (Å²) in [6, 6.07) is 8.61. The molecule has 0 bridgehead atoms. The van der Waals surface area contributed by atoms with Crippen LogP contribution in [0.4, 0.5) is 5.69 Å². The lowest BCUT2D eigenvalue weighted by Gasteiger charge is -2.22. The Morgan fingerprint density at radius 3 is 2.78 bits per heavy atom. The Balaban J connectivity index is 1.55. The second-order valence-corrected chi connectivity index (χ2v) is 7.56. The maximum atomic E-state index is 12.5. The van der Waals surface area contributed by atoms with Gasteiger partial charge in [0, 0.05) is 12.2 Å². The Kier molecular flexibility index (Phi) is 5.91. The number of aryl methyl sites for hydroxylation is 2. The Morgan fingerprint density at radius 2 is 2.07 bits per heavy atom. The molecular formula is C20H22N2O4S. The summed E-state index contributed by atoms with van der Waals surface area (Å²) in [4.78, 5) is 39.2. The monoisotopic (exact) mass is 386 g/mol. The van der Waals surface area contributed by atoms with Gasteiger partial charge in [-0.05, 0) is 49.8 Å². The lowest BCUT2D eigenvalue weighted by Crippen LogP contribution is -2.41. The second kappa shape index (κ2) is 8.35. The number of ether oxygens (including phenoxy) is 1. The summed E-state index contributed by atoms with van der Waals surface area (Å²) in [5.74, 6) is -1.10. The van der Waals surface area contributed by atoms with Gasteiger partial charge in [-0.2, -0.15) is 0 Å². The van der Waals surface area contributed by atoms with Crippen LogP contribution in [0.15, 0.2) is 35.7 Å². The van der Waals surface area contributed by atoms with Gasteiger partial charge >= 0.3 is 5.97 Å². The van der Waals surface area contributed by atoms with Crippen molar-refractivity contribution in [3.05, 3.63) is 51.7 Å². The van der Waals surface area contributed by atoms with Gasteiger partial charge < -0.3 is 15.0 Å². The Bertz CT molecular complexity index is 848. The Hall–Kier alpha value is -2.67. The molecule has 2 aromatic rings. The fourth-order valence-electron chi connectivity index (χ4n) is 3.17. The Morgan fingerprint density at radius 1 is 1.26 bits per heavy atom. The van der Waals surface area contributed by atoms with Crippen LogP contribution >= 0.6 is 11.3 Å². The molecule has 142 valence electrons. The zero-order valence-electron chi connectivity index (χ0n) is 15.4. The van der Waals surface area contributed by atoms with Gasteiger partial charge in [0.05, 0.1) is 4.88 Å². The van der Waals surface area contributed by atoms with Crippen molar-refractivity contribution in [1.29, 1.82) is 0 Å². The van der Waals surface area contributed by atoms with Crippen LogP contribution in [0.1, 0.15) is 33.6 Å². The van der Waals surface area contributed by atoms with E-state index in [9.17, 15) is 14.4 Å². The predicted molar refractivity (Wildman–Crippen MR) is 104 cm³/mol. The summed E-state index contributed by atoms with van der Waals surface area (Å²) < 4.78 is 5.18. The fourth-order valence-corrected chi connectivity index (χ4v) is 3.85. The largest absolute Gasteiger partial charge is 0.454 e. The number of hydrogen-bond acceptors (Lipinski definition) is 5. The number of likely N-dealkylation sites (tertiary alicyclic amines) is 1. The van der Waals surface area contributed by atoms with Crippen LogP contribution < -0.4 is 5.32 Å². The quantitative estimate of drug-likeness (QED) is 0.801. The Labute approximate surface area is 162 Å². The first-order valence-electron chi connectivity index (χ1n) is 8.84. The van der Waals surface area contributed by atoms with E-state index < -0.39 is 17.9 Å². The number of thiophene rings is 1. The summed E-state index contributed by atoms with van der Waals surface area (Å²) in [5, 5.41) is 4.57. The van der Waals surface area contributed by atoms with Crippen molar-refractivity contribution in [2.75, 3.05) is 18.5 Å². The zero-order chi connectivity index (χ0) is 19.4. The van der Waals surface area contributed by atoms with E-state index in [1.165, 1.54) is 16.2 Å². The summed E-state index contributed by atoms with van der Waals surface area (Å²) >= 11 is 1.35. The lowest BCUT2D eigenvalue weighted by molar-refractivity contribution is -0.151. The lowest BCUT2D eigenvalue weighted by atomic mass is 10.1. The van der Waals surface area contributed by atoms with Crippen molar-refractivity contribution in [3.8, 4) is 0 Å². The van der Waals surface area contributed by atoms with Gasteiger partial charge in [0.15, 0.2) is 6.61 Å². The summed E-state index contributed by atoms with van der Waals surface area (Å²) in [6.45, 7) is 4.03. The SMILES string of the molecule is Cc1ccc(NC(=O)COC(=O)[C@@H]2CCCN2C(=O)c2cccs2)c(C)c1. The minimum absolute atomic E-state index is 0.163. The maximum absolute atomic E-state index is 12.5. The van der Waals surface area contributed by atoms with Crippen molar-refractivity contribution in [3.63, 3.8) is 0 Å². The van der Waals surface area contributed by atoms with Crippen LogP contribution in [0.5, 0.6) is 0 Å². The first kappa shape index (κ1) is 19.1. The van der Waals surface area contributed by atoms with Crippen molar-refractivity contribution >= 4 is 34.8 Å². The maximum Gasteiger partial charge on any atom is 0.329 e. The van der Waals surface area contributed by atoms with Crippen LogP contribution in [-0.4, -0.2) is 41.9 Å². The molecule has 0 radical (unpaired) electrons. The number of nitrogens with one attached hydrogen (secondary N) is 1.